The fourth-order valence-electron chi connectivity index (χ4n) is 0.974. The van der Waals surface area contributed by atoms with Gasteiger partial charge in [0.1, 0.15) is 0 Å². The highest BCUT2D eigenvalue weighted by Crippen LogP contribution is 2.10. The molecule has 0 saturated carbocycles. The predicted octanol–water partition coefficient (Wildman–Crippen LogP) is 1.74. The molecule has 0 aromatic carbocycles. The van der Waals surface area contributed by atoms with Gasteiger partial charge in [-0.2, -0.15) is 11.8 Å². The molecule has 3 heteroatoms. The van der Waals surface area contributed by atoms with Crippen molar-refractivity contribution in [1.82, 2.24) is 5.32 Å². The summed E-state index contributed by atoms with van der Waals surface area (Å²) in [6.07, 6.45) is 2.36. The molecule has 0 aromatic heterocycles. The lowest BCUT2D eigenvalue weighted by atomic mass is 10.2. The monoisotopic (exact) mass is 205 g/mol. The van der Waals surface area contributed by atoms with Crippen LogP contribution in [0.3, 0.4) is 0 Å². The van der Waals surface area contributed by atoms with Crippen molar-refractivity contribution in [3.63, 3.8) is 0 Å². The molecule has 0 bridgehead atoms. The lowest BCUT2D eigenvalue weighted by Crippen LogP contribution is -2.29. The molecule has 1 unspecified atom stereocenters. The molecule has 1 atom stereocenters. The molecule has 0 spiro atoms. The van der Waals surface area contributed by atoms with Crippen molar-refractivity contribution in [1.29, 1.82) is 0 Å². The zero-order valence-electron chi connectivity index (χ0n) is 9.05. The number of hydrogen-bond acceptors (Lipinski definition) is 3. The highest BCUT2D eigenvalue weighted by atomic mass is 32.2. The molecule has 0 fully saturated rings. The summed E-state index contributed by atoms with van der Waals surface area (Å²) in [7, 11) is 1.90. The second-order valence-corrected chi connectivity index (χ2v) is 4.98. The Hall–Kier alpha value is 0.270. The molecule has 0 aromatic rings. The first-order chi connectivity index (χ1) is 6.20. The van der Waals surface area contributed by atoms with Gasteiger partial charge in [-0.3, -0.25) is 0 Å². The first-order valence-electron chi connectivity index (χ1n) is 5.06. The van der Waals surface area contributed by atoms with Crippen molar-refractivity contribution in [3.8, 4) is 0 Å². The van der Waals surface area contributed by atoms with Gasteiger partial charge in [0.25, 0.3) is 0 Å². The minimum absolute atomic E-state index is 0.251. The first-order valence-corrected chi connectivity index (χ1v) is 6.22. The molecule has 13 heavy (non-hydrogen) atoms. The SMILES string of the molecule is CNC(CO)CCSCCC(C)C. The third kappa shape index (κ3) is 8.60. The van der Waals surface area contributed by atoms with Crippen molar-refractivity contribution in [2.75, 3.05) is 25.2 Å². The van der Waals surface area contributed by atoms with Crippen LogP contribution in [0.25, 0.3) is 0 Å². The molecule has 0 rings (SSSR count). The van der Waals surface area contributed by atoms with E-state index in [0.717, 1.165) is 18.1 Å². The van der Waals surface area contributed by atoms with Crippen molar-refractivity contribution < 1.29 is 5.11 Å². The number of nitrogens with one attached hydrogen (secondary N) is 1. The van der Waals surface area contributed by atoms with Gasteiger partial charge in [0, 0.05) is 6.04 Å². The molecule has 0 amide bonds. The van der Waals surface area contributed by atoms with E-state index >= 15 is 0 Å². The Kier molecular flexibility index (Phi) is 9.03. The Morgan fingerprint density at radius 3 is 2.31 bits per heavy atom. The predicted molar refractivity (Wildman–Crippen MR) is 61.3 cm³/mol. The van der Waals surface area contributed by atoms with Gasteiger partial charge in [-0.25, -0.2) is 0 Å². The van der Waals surface area contributed by atoms with Crippen LogP contribution >= 0.6 is 11.8 Å². The fraction of sp³-hybridized carbons (Fsp3) is 1.00. The van der Waals surface area contributed by atoms with Gasteiger partial charge in [0.15, 0.2) is 0 Å². The van der Waals surface area contributed by atoms with Crippen LogP contribution < -0.4 is 5.32 Å². The number of likely N-dealkylation sites (N-methyl/N-ethyl adjacent to an activating group) is 1. The Balaban J connectivity index is 3.14. The number of aliphatic hydroxyl groups is 1. The number of thioether (sulfide) groups is 1. The van der Waals surface area contributed by atoms with E-state index < -0.39 is 0 Å². The maximum Gasteiger partial charge on any atom is 0.0584 e. The zero-order valence-corrected chi connectivity index (χ0v) is 9.86. The van der Waals surface area contributed by atoms with E-state index in [1.54, 1.807) is 0 Å². The molecule has 0 aliphatic rings. The van der Waals surface area contributed by atoms with E-state index in [0.29, 0.717) is 0 Å². The first kappa shape index (κ1) is 13.3. The summed E-state index contributed by atoms with van der Waals surface area (Å²) in [6.45, 7) is 4.76. The van der Waals surface area contributed by atoms with E-state index in [2.05, 4.69) is 19.2 Å². The van der Waals surface area contributed by atoms with Crippen LogP contribution in [0.15, 0.2) is 0 Å². The quantitative estimate of drug-likeness (QED) is 0.592. The fourth-order valence-corrected chi connectivity index (χ4v) is 2.27. The summed E-state index contributed by atoms with van der Waals surface area (Å²) in [6, 6.07) is 0.284. The lowest BCUT2D eigenvalue weighted by Gasteiger charge is -2.12. The van der Waals surface area contributed by atoms with Gasteiger partial charge in [0.05, 0.1) is 6.61 Å². The van der Waals surface area contributed by atoms with E-state index in [-0.39, 0.29) is 12.6 Å². The maximum atomic E-state index is 8.90. The standard InChI is InChI=1S/C10H23NOS/c1-9(2)4-6-13-7-5-10(8-12)11-3/h9-12H,4-8H2,1-3H3. The van der Waals surface area contributed by atoms with Crippen molar-refractivity contribution >= 4 is 11.8 Å². The third-order valence-electron chi connectivity index (χ3n) is 2.08. The van der Waals surface area contributed by atoms with Gasteiger partial charge in [-0.05, 0) is 37.3 Å². The Morgan fingerprint density at radius 2 is 1.85 bits per heavy atom. The van der Waals surface area contributed by atoms with Crippen LogP contribution in [0.2, 0.25) is 0 Å². The summed E-state index contributed by atoms with van der Waals surface area (Å²) in [5, 5.41) is 12.0. The molecule has 2 N–H and O–H groups in total. The summed E-state index contributed by atoms with van der Waals surface area (Å²) >= 11 is 1.99. The van der Waals surface area contributed by atoms with E-state index in [1.165, 1.54) is 12.2 Å². The normalized spacial score (nSPS) is 13.6. The van der Waals surface area contributed by atoms with Crippen LogP contribution in [-0.4, -0.2) is 36.3 Å². The molecule has 0 heterocycles. The average molecular weight is 205 g/mol. The van der Waals surface area contributed by atoms with Crippen molar-refractivity contribution in [2.45, 2.75) is 32.7 Å². The molecule has 0 aliphatic heterocycles. The maximum absolute atomic E-state index is 8.90. The molecule has 0 aliphatic carbocycles. The number of hydrogen-bond donors (Lipinski definition) is 2. The zero-order chi connectivity index (χ0) is 10.1. The minimum atomic E-state index is 0.251. The third-order valence-corrected chi connectivity index (χ3v) is 3.13. The van der Waals surface area contributed by atoms with Crippen LogP contribution in [-0.2, 0) is 0 Å². The van der Waals surface area contributed by atoms with E-state index in [4.69, 9.17) is 5.11 Å². The second-order valence-electron chi connectivity index (χ2n) is 3.75. The van der Waals surface area contributed by atoms with Crippen LogP contribution in [0.1, 0.15) is 26.7 Å². The van der Waals surface area contributed by atoms with Crippen molar-refractivity contribution in [3.05, 3.63) is 0 Å². The summed E-state index contributed by atoms with van der Waals surface area (Å²) in [5.74, 6) is 3.21. The van der Waals surface area contributed by atoms with E-state index in [1.807, 2.05) is 18.8 Å². The lowest BCUT2D eigenvalue weighted by molar-refractivity contribution is 0.246. The highest BCUT2D eigenvalue weighted by Gasteiger charge is 2.03. The Morgan fingerprint density at radius 1 is 1.23 bits per heavy atom. The Labute approximate surface area is 86.5 Å². The highest BCUT2D eigenvalue weighted by molar-refractivity contribution is 7.99. The summed E-state index contributed by atoms with van der Waals surface area (Å²) in [5.41, 5.74) is 0. The van der Waals surface area contributed by atoms with Gasteiger partial charge in [-0.1, -0.05) is 13.8 Å². The van der Waals surface area contributed by atoms with Gasteiger partial charge < -0.3 is 10.4 Å². The number of rotatable bonds is 8. The molecule has 80 valence electrons. The van der Waals surface area contributed by atoms with Crippen LogP contribution in [0, 0.1) is 5.92 Å². The largest absolute Gasteiger partial charge is 0.395 e. The molecule has 0 radical (unpaired) electrons. The molecule has 2 nitrogen and oxygen atoms in total. The van der Waals surface area contributed by atoms with Gasteiger partial charge >= 0.3 is 0 Å². The van der Waals surface area contributed by atoms with Gasteiger partial charge in [0.2, 0.25) is 0 Å². The molecular weight excluding hydrogens is 182 g/mol. The molecule has 0 saturated heterocycles. The average Bonchev–Trinajstić information content (AvgIpc) is 2.11. The summed E-state index contributed by atoms with van der Waals surface area (Å²) < 4.78 is 0. The van der Waals surface area contributed by atoms with Gasteiger partial charge in [-0.15, -0.1) is 0 Å². The minimum Gasteiger partial charge on any atom is -0.395 e. The topological polar surface area (TPSA) is 32.3 Å². The Bertz CT molecular complexity index is 105. The summed E-state index contributed by atoms with van der Waals surface area (Å²) in [4.78, 5) is 0. The van der Waals surface area contributed by atoms with E-state index in [9.17, 15) is 0 Å². The smallest absolute Gasteiger partial charge is 0.0584 e. The van der Waals surface area contributed by atoms with Crippen molar-refractivity contribution in [2.24, 2.45) is 5.92 Å². The second kappa shape index (κ2) is 8.85. The molecular formula is C10H23NOS. The van der Waals surface area contributed by atoms with Crippen LogP contribution in [0.5, 0.6) is 0 Å². The number of aliphatic hydroxyl groups excluding tert-OH is 1. The van der Waals surface area contributed by atoms with Crippen LogP contribution in [0.4, 0.5) is 0 Å².